The first-order valence-electron chi connectivity index (χ1n) is 6.13. The van der Waals surface area contributed by atoms with Gasteiger partial charge in [-0.2, -0.15) is 5.10 Å². The summed E-state index contributed by atoms with van der Waals surface area (Å²) in [6, 6.07) is 10.3. The van der Waals surface area contributed by atoms with Crippen LogP contribution in [0.1, 0.15) is 29.9 Å². The van der Waals surface area contributed by atoms with Crippen LogP contribution < -0.4 is 5.73 Å². The maximum atomic E-state index is 6.24. The second-order valence-corrected chi connectivity index (χ2v) is 5.38. The first-order chi connectivity index (χ1) is 8.60. The Morgan fingerprint density at radius 2 is 2.00 bits per heavy atom. The number of aryl methyl sites for hydroxylation is 2. The molecule has 2 rings (SSSR count). The van der Waals surface area contributed by atoms with Crippen molar-refractivity contribution < 1.29 is 0 Å². The van der Waals surface area contributed by atoms with E-state index < -0.39 is 0 Å². The van der Waals surface area contributed by atoms with Crippen LogP contribution >= 0.6 is 15.9 Å². The monoisotopic (exact) mass is 307 g/mol. The van der Waals surface area contributed by atoms with Gasteiger partial charge in [-0.15, -0.1) is 0 Å². The van der Waals surface area contributed by atoms with Crippen LogP contribution in [0.25, 0.3) is 0 Å². The van der Waals surface area contributed by atoms with Gasteiger partial charge in [-0.1, -0.05) is 35.0 Å². The molecule has 0 saturated carbocycles. The molecular formula is C14H18BrN3. The SMILES string of the molecule is CCc1cc(CC(N)c2ccc(Br)cc2)n(C)n1. The minimum atomic E-state index is 0.0122. The van der Waals surface area contributed by atoms with Crippen LogP contribution in [0.5, 0.6) is 0 Å². The maximum absolute atomic E-state index is 6.24. The third kappa shape index (κ3) is 3.00. The largest absolute Gasteiger partial charge is 0.324 e. The van der Waals surface area contributed by atoms with Gasteiger partial charge in [0, 0.05) is 29.7 Å². The summed E-state index contributed by atoms with van der Waals surface area (Å²) < 4.78 is 3.00. The molecule has 0 amide bonds. The van der Waals surface area contributed by atoms with Gasteiger partial charge in [-0.05, 0) is 30.2 Å². The Bertz CT molecular complexity index is 516. The molecular weight excluding hydrogens is 290 g/mol. The Balaban J connectivity index is 2.13. The fourth-order valence-electron chi connectivity index (χ4n) is 1.99. The molecule has 1 heterocycles. The normalized spacial score (nSPS) is 12.7. The predicted molar refractivity (Wildman–Crippen MR) is 77.4 cm³/mol. The highest BCUT2D eigenvalue weighted by Crippen LogP contribution is 2.19. The fourth-order valence-corrected chi connectivity index (χ4v) is 2.25. The van der Waals surface area contributed by atoms with Crippen molar-refractivity contribution in [3.05, 3.63) is 51.8 Å². The molecule has 0 bridgehead atoms. The molecule has 4 heteroatoms. The van der Waals surface area contributed by atoms with E-state index in [1.54, 1.807) is 0 Å². The number of hydrogen-bond acceptors (Lipinski definition) is 2. The predicted octanol–water partition coefficient (Wildman–Crippen LogP) is 2.99. The number of rotatable bonds is 4. The lowest BCUT2D eigenvalue weighted by molar-refractivity contribution is 0.638. The first kappa shape index (κ1) is 13.3. The smallest absolute Gasteiger partial charge is 0.0624 e. The number of halogens is 1. The molecule has 0 aliphatic rings. The Morgan fingerprint density at radius 3 is 2.56 bits per heavy atom. The number of benzene rings is 1. The standard InChI is InChI=1S/C14H18BrN3/c1-3-12-8-13(18(2)17-12)9-14(16)10-4-6-11(15)7-5-10/h4-8,14H,3,9,16H2,1-2H3. The van der Waals surface area contributed by atoms with Gasteiger partial charge in [0.15, 0.2) is 0 Å². The van der Waals surface area contributed by atoms with Crippen LogP contribution in [0.3, 0.4) is 0 Å². The van der Waals surface area contributed by atoms with Crippen molar-refractivity contribution in [3.63, 3.8) is 0 Å². The van der Waals surface area contributed by atoms with Gasteiger partial charge in [-0.25, -0.2) is 0 Å². The molecule has 96 valence electrons. The molecule has 0 fully saturated rings. The van der Waals surface area contributed by atoms with Gasteiger partial charge in [0.1, 0.15) is 0 Å². The molecule has 0 aliphatic carbocycles. The van der Waals surface area contributed by atoms with E-state index in [9.17, 15) is 0 Å². The average molecular weight is 308 g/mol. The molecule has 0 radical (unpaired) electrons. The Kier molecular flexibility index (Phi) is 4.19. The highest BCUT2D eigenvalue weighted by atomic mass is 79.9. The topological polar surface area (TPSA) is 43.8 Å². The van der Waals surface area contributed by atoms with Crippen molar-refractivity contribution >= 4 is 15.9 Å². The molecule has 1 unspecified atom stereocenters. The van der Waals surface area contributed by atoms with E-state index in [1.165, 1.54) is 5.69 Å². The van der Waals surface area contributed by atoms with E-state index in [-0.39, 0.29) is 6.04 Å². The zero-order valence-electron chi connectivity index (χ0n) is 10.7. The van der Waals surface area contributed by atoms with Crippen LogP contribution in [0, 0.1) is 0 Å². The van der Waals surface area contributed by atoms with Crippen molar-refractivity contribution in [1.82, 2.24) is 9.78 Å². The van der Waals surface area contributed by atoms with E-state index >= 15 is 0 Å². The summed E-state index contributed by atoms with van der Waals surface area (Å²) in [7, 11) is 1.97. The zero-order valence-corrected chi connectivity index (χ0v) is 12.3. The van der Waals surface area contributed by atoms with E-state index in [0.29, 0.717) is 0 Å². The van der Waals surface area contributed by atoms with E-state index in [1.807, 2.05) is 23.9 Å². The van der Waals surface area contributed by atoms with Crippen LogP contribution in [0.2, 0.25) is 0 Å². The van der Waals surface area contributed by atoms with E-state index in [4.69, 9.17) is 5.73 Å². The van der Waals surface area contributed by atoms with Crippen LogP contribution in [0.15, 0.2) is 34.8 Å². The third-order valence-electron chi connectivity index (χ3n) is 3.12. The number of hydrogen-bond donors (Lipinski definition) is 1. The molecule has 0 saturated heterocycles. The lowest BCUT2D eigenvalue weighted by atomic mass is 10.0. The Morgan fingerprint density at radius 1 is 1.33 bits per heavy atom. The van der Waals surface area contributed by atoms with Crippen molar-refractivity contribution in [2.75, 3.05) is 0 Å². The summed E-state index contributed by atoms with van der Waals surface area (Å²) in [5.41, 5.74) is 9.69. The zero-order chi connectivity index (χ0) is 13.1. The van der Waals surface area contributed by atoms with Crippen molar-refractivity contribution in [3.8, 4) is 0 Å². The quantitative estimate of drug-likeness (QED) is 0.943. The Hall–Kier alpha value is -1.13. The van der Waals surface area contributed by atoms with Crippen LogP contribution in [-0.4, -0.2) is 9.78 Å². The molecule has 3 nitrogen and oxygen atoms in total. The summed E-state index contributed by atoms with van der Waals surface area (Å²) >= 11 is 3.43. The minimum absolute atomic E-state index is 0.0122. The molecule has 1 aromatic heterocycles. The number of aromatic nitrogens is 2. The minimum Gasteiger partial charge on any atom is -0.324 e. The van der Waals surface area contributed by atoms with E-state index in [0.717, 1.165) is 28.6 Å². The number of nitrogens with two attached hydrogens (primary N) is 1. The molecule has 0 spiro atoms. The molecule has 1 aromatic carbocycles. The molecule has 2 N–H and O–H groups in total. The summed E-state index contributed by atoms with van der Waals surface area (Å²) in [5.74, 6) is 0. The highest BCUT2D eigenvalue weighted by Gasteiger charge is 2.11. The fraction of sp³-hybridized carbons (Fsp3) is 0.357. The van der Waals surface area contributed by atoms with Gasteiger partial charge in [0.05, 0.1) is 5.69 Å². The van der Waals surface area contributed by atoms with Gasteiger partial charge in [-0.3, -0.25) is 4.68 Å². The van der Waals surface area contributed by atoms with E-state index in [2.05, 4.69) is 46.2 Å². The Labute approximate surface area is 116 Å². The van der Waals surface area contributed by atoms with Crippen molar-refractivity contribution in [2.45, 2.75) is 25.8 Å². The second-order valence-electron chi connectivity index (χ2n) is 4.47. The molecule has 18 heavy (non-hydrogen) atoms. The van der Waals surface area contributed by atoms with Crippen molar-refractivity contribution in [2.24, 2.45) is 12.8 Å². The molecule has 0 aliphatic heterocycles. The highest BCUT2D eigenvalue weighted by molar-refractivity contribution is 9.10. The summed E-state index contributed by atoms with van der Waals surface area (Å²) in [5, 5.41) is 4.44. The molecule has 2 aromatic rings. The average Bonchev–Trinajstić information content (AvgIpc) is 2.71. The summed E-state index contributed by atoms with van der Waals surface area (Å²) in [6.07, 6.45) is 1.77. The maximum Gasteiger partial charge on any atom is 0.0624 e. The second kappa shape index (κ2) is 5.67. The summed E-state index contributed by atoms with van der Waals surface area (Å²) in [4.78, 5) is 0. The van der Waals surface area contributed by atoms with Gasteiger partial charge < -0.3 is 5.73 Å². The third-order valence-corrected chi connectivity index (χ3v) is 3.65. The van der Waals surface area contributed by atoms with Crippen LogP contribution in [0.4, 0.5) is 0 Å². The number of nitrogens with zero attached hydrogens (tertiary/aromatic N) is 2. The first-order valence-corrected chi connectivity index (χ1v) is 6.92. The lowest BCUT2D eigenvalue weighted by Gasteiger charge is -2.12. The van der Waals surface area contributed by atoms with Crippen molar-refractivity contribution in [1.29, 1.82) is 0 Å². The van der Waals surface area contributed by atoms with Gasteiger partial charge in [0.2, 0.25) is 0 Å². The molecule has 1 atom stereocenters. The lowest BCUT2D eigenvalue weighted by Crippen LogP contribution is -2.15. The summed E-state index contributed by atoms with van der Waals surface area (Å²) in [6.45, 7) is 2.11. The van der Waals surface area contributed by atoms with Crippen LogP contribution in [-0.2, 0) is 19.9 Å². The van der Waals surface area contributed by atoms with Gasteiger partial charge >= 0.3 is 0 Å². The van der Waals surface area contributed by atoms with Gasteiger partial charge in [0.25, 0.3) is 0 Å².